The van der Waals surface area contributed by atoms with Gasteiger partial charge in [0.15, 0.2) is 11.6 Å². The fourth-order valence-electron chi connectivity index (χ4n) is 5.64. The van der Waals surface area contributed by atoms with Crippen LogP contribution >= 0.6 is 0 Å². The zero-order valence-corrected chi connectivity index (χ0v) is 17.8. The summed E-state index contributed by atoms with van der Waals surface area (Å²) in [6.07, 6.45) is 5.10. The van der Waals surface area contributed by atoms with Crippen LogP contribution in [-0.4, -0.2) is 28.7 Å². The molecule has 3 aromatic carbocycles. The molecule has 5 nitrogen and oxygen atoms in total. The Balaban J connectivity index is 1.40. The number of nitrogens with zero attached hydrogens (tertiary/aromatic N) is 1. The second-order valence-corrected chi connectivity index (χ2v) is 8.91. The molecule has 0 spiro atoms. The van der Waals surface area contributed by atoms with Crippen molar-refractivity contribution in [1.82, 2.24) is 0 Å². The normalized spacial score (nSPS) is 21.9. The molecule has 1 saturated carbocycles. The van der Waals surface area contributed by atoms with Crippen LogP contribution in [0.2, 0.25) is 0 Å². The third-order valence-electron chi connectivity index (χ3n) is 7.11. The number of hydrogen-bond donors (Lipinski definition) is 1. The highest BCUT2D eigenvalue weighted by Gasteiger charge is 2.42. The van der Waals surface area contributed by atoms with Crippen molar-refractivity contribution in [3.63, 3.8) is 0 Å². The lowest BCUT2D eigenvalue weighted by molar-refractivity contribution is 0.0696. The van der Waals surface area contributed by atoms with Crippen molar-refractivity contribution in [2.75, 3.05) is 4.90 Å². The number of ketones is 2. The molecule has 0 aromatic heterocycles. The number of para-hydroxylation sites is 1. The van der Waals surface area contributed by atoms with Crippen LogP contribution in [0.3, 0.4) is 0 Å². The highest BCUT2D eigenvalue weighted by molar-refractivity contribution is 6.41. The van der Waals surface area contributed by atoms with E-state index in [0.717, 1.165) is 18.4 Å². The molecule has 5 heteroatoms. The molecule has 2 aliphatic carbocycles. The van der Waals surface area contributed by atoms with Crippen molar-refractivity contribution in [2.45, 2.75) is 31.2 Å². The highest BCUT2D eigenvalue weighted by Crippen LogP contribution is 2.52. The van der Waals surface area contributed by atoms with Gasteiger partial charge in [0.2, 0.25) is 0 Å². The van der Waals surface area contributed by atoms with E-state index in [1.165, 1.54) is 41.6 Å². The van der Waals surface area contributed by atoms with Gasteiger partial charge < -0.3 is 10.0 Å². The van der Waals surface area contributed by atoms with Crippen molar-refractivity contribution in [3.8, 4) is 0 Å². The number of rotatable bonds is 3. The van der Waals surface area contributed by atoms with Crippen LogP contribution in [0, 0.1) is 0 Å². The first-order valence-corrected chi connectivity index (χ1v) is 11.2. The first-order chi connectivity index (χ1) is 16.0. The van der Waals surface area contributed by atoms with Gasteiger partial charge >= 0.3 is 5.97 Å². The summed E-state index contributed by atoms with van der Waals surface area (Å²) in [5.74, 6) is -1.45. The number of carboxylic acids is 1. The lowest BCUT2D eigenvalue weighted by atomic mass is 9.95. The molecule has 6 rings (SSSR count). The fraction of sp³-hybridized carbons (Fsp3) is 0.179. The number of Topliss-reactive ketones (excluding diaryl/α,β-unsaturated/α-hetero) is 2. The Morgan fingerprint density at radius 3 is 2.48 bits per heavy atom. The van der Waals surface area contributed by atoms with Crippen molar-refractivity contribution in [1.29, 1.82) is 0 Å². The Bertz CT molecular complexity index is 1370. The number of fused-ring (bicyclic) bond motifs is 4. The third kappa shape index (κ3) is 2.96. The quantitative estimate of drug-likeness (QED) is 0.426. The molecule has 0 amide bonds. The van der Waals surface area contributed by atoms with E-state index in [-0.39, 0.29) is 28.0 Å². The Morgan fingerprint density at radius 2 is 1.70 bits per heavy atom. The maximum absolute atomic E-state index is 12.9. The minimum Gasteiger partial charge on any atom is -0.478 e. The molecule has 0 radical (unpaired) electrons. The van der Waals surface area contributed by atoms with Crippen LogP contribution in [0.1, 0.15) is 67.4 Å². The molecule has 0 saturated heterocycles. The minimum atomic E-state index is -1.12. The first kappa shape index (κ1) is 19.7. The van der Waals surface area contributed by atoms with Crippen LogP contribution in [0.5, 0.6) is 0 Å². The van der Waals surface area contributed by atoms with E-state index < -0.39 is 11.8 Å². The molecule has 3 aliphatic rings. The molecule has 33 heavy (non-hydrogen) atoms. The van der Waals surface area contributed by atoms with E-state index in [1.807, 2.05) is 12.1 Å². The van der Waals surface area contributed by atoms with Crippen LogP contribution in [0.4, 0.5) is 11.4 Å². The summed E-state index contributed by atoms with van der Waals surface area (Å²) < 4.78 is 0. The summed E-state index contributed by atoms with van der Waals surface area (Å²) in [4.78, 5) is 39.6. The number of benzene rings is 3. The Kier molecular flexibility index (Phi) is 4.34. The standard InChI is InChI=1S/C28H21NO4/c30-26-20-11-10-17(28(32)33)15-22(20)27(31)23(26)14-16-9-12-25-21(13-16)19-7-4-8-24(19)29(25)18-5-2-1-3-6-18/h1-3,5-6,9-15,19,24H,4,7-8H2,(H,32,33)/b23-14+. The average Bonchev–Trinajstić information content (AvgIpc) is 3.48. The van der Waals surface area contributed by atoms with E-state index in [0.29, 0.717) is 12.0 Å². The average molecular weight is 435 g/mol. The minimum absolute atomic E-state index is 0.00181. The zero-order valence-electron chi connectivity index (χ0n) is 17.8. The lowest BCUT2D eigenvalue weighted by Crippen LogP contribution is -2.26. The van der Waals surface area contributed by atoms with Gasteiger partial charge in [-0.1, -0.05) is 30.7 Å². The van der Waals surface area contributed by atoms with Crippen LogP contribution in [0.25, 0.3) is 6.08 Å². The highest BCUT2D eigenvalue weighted by atomic mass is 16.4. The van der Waals surface area contributed by atoms with Gasteiger partial charge in [-0.3, -0.25) is 9.59 Å². The smallest absolute Gasteiger partial charge is 0.335 e. The van der Waals surface area contributed by atoms with Crippen molar-refractivity contribution >= 4 is 35.0 Å². The molecule has 3 aromatic rings. The van der Waals surface area contributed by atoms with E-state index >= 15 is 0 Å². The van der Waals surface area contributed by atoms with Gasteiger partial charge in [0.05, 0.1) is 11.1 Å². The molecule has 162 valence electrons. The molecule has 1 aliphatic heterocycles. The van der Waals surface area contributed by atoms with Gasteiger partial charge in [-0.25, -0.2) is 4.79 Å². The SMILES string of the molecule is O=C(O)c1ccc2c(c1)C(=O)/C(=C/c1ccc3c(c1)C1CCCC1N3c1ccccc1)C2=O. The largest absolute Gasteiger partial charge is 0.478 e. The van der Waals surface area contributed by atoms with E-state index in [2.05, 4.69) is 41.3 Å². The van der Waals surface area contributed by atoms with E-state index in [1.54, 1.807) is 6.08 Å². The van der Waals surface area contributed by atoms with Crippen LogP contribution in [0.15, 0.2) is 72.3 Å². The fourth-order valence-corrected chi connectivity index (χ4v) is 5.64. The van der Waals surface area contributed by atoms with Gasteiger partial charge in [-0.15, -0.1) is 0 Å². The maximum Gasteiger partial charge on any atom is 0.335 e. The first-order valence-electron chi connectivity index (χ1n) is 11.2. The molecule has 0 bridgehead atoms. The lowest BCUT2D eigenvalue weighted by Gasteiger charge is -2.27. The summed E-state index contributed by atoms with van der Waals surface area (Å²) in [5, 5.41) is 9.22. The van der Waals surface area contributed by atoms with Crippen molar-refractivity contribution in [2.24, 2.45) is 0 Å². The molecule has 1 heterocycles. The second kappa shape index (κ2) is 7.27. The maximum atomic E-state index is 12.9. The van der Waals surface area contributed by atoms with E-state index in [4.69, 9.17) is 0 Å². The number of carbonyl (C=O) groups excluding carboxylic acids is 2. The summed E-state index contributed by atoms with van der Waals surface area (Å²) in [6, 6.07) is 21.1. The number of allylic oxidation sites excluding steroid dienone is 1. The Labute approximate surface area is 191 Å². The topological polar surface area (TPSA) is 74.7 Å². The number of carbonyl (C=O) groups is 3. The molecule has 1 fully saturated rings. The van der Waals surface area contributed by atoms with Gasteiger partial charge in [-0.05, 0) is 72.5 Å². The van der Waals surface area contributed by atoms with Gasteiger partial charge in [0.1, 0.15) is 0 Å². The second-order valence-electron chi connectivity index (χ2n) is 8.91. The summed E-state index contributed by atoms with van der Waals surface area (Å²) in [7, 11) is 0. The Hall–Kier alpha value is -3.99. The number of hydrogen-bond acceptors (Lipinski definition) is 4. The monoisotopic (exact) mass is 435 g/mol. The number of aromatic carboxylic acids is 1. The van der Waals surface area contributed by atoms with Crippen molar-refractivity contribution < 1.29 is 19.5 Å². The van der Waals surface area contributed by atoms with E-state index in [9.17, 15) is 19.5 Å². The summed E-state index contributed by atoms with van der Waals surface area (Å²) in [6.45, 7) is 0. The molecule has 2 unspecified atom stereocenters. The van der Waals surface area contributed by atoms with Gasteiger partial charge in [0.25, 0.3) is 0 Å². The Morgan fingerprint density at radius 1 is 0.909 bits per heavy atom. The third-order valence-corrected chi connectivity index (χ3v) is 7.11. The molecule has 2 atom stereocenters. The van der Waals surface area contributed by atoms with Gasteiger partial charge in [-0.2, -0.15) is 0 Å². The summed E-state index contributed by atoms with van der Waals surface area (Å²) in [5.41, 5.74) is 4.98. The van der Waals surface area contributed by atoms with Crippen molar-refractivity contribution in [3.05, 3.63) is 100 Å². The summed E-state index contributed by atoms with van der Waals surface area (Å²) >= 11 is 0. The number of carboxylic acid groups (broad SMARTS) is 1. The van der Waals surface area contributed by atoms with Crippen LogP contribution < -0.4 is 4.90 Å². The zero-order chi connectivity index (χ0) is 22.7. The number of anilines is 2. The molecular weight excluding hydrogens is 414 g/mol. The predicted octanol–water partition coefficient (Wildman–Crippen LogP) is 5.64. The predicted molar refractivity (Wildman–Crippen MR) is 125 cm³/mol. The van der Waals surface area contributed by atoms with Crippen LogP contribution in [-0.2, 0) is 0 Å². The van der Waals surface area contributed by atoms with Gasteiger partial charge in [0, 0.05) is 34.5 Å². The molecular formula is C28H21NO4. The molecule has 1 N–H and O–H groups in total.